The summed E-state index contributed by atoms with van der Waals surface area (Å²) in [5.41, 5.74) is 3.66. The van der Waals surface area contributed by atoms with Crippen molar-refractivity contribution in [2.45, 2.75) is 56.7 Å². The minimum absolute atomic E-state index is 0.0272. The van der Waals surface area contributed by atoms with E-state index < -0.39 is 5.60 Å². The first-order valence-corrected chi connectivity index (χ1v) is 11.8. The van der Waals surface area contributed by atoms with Crippen molar-refractivity contribution in [3.63, 3.8) is 0 Å². The Morgan fingerprint density at radius 1 is 1.06 bits per heavy atom. The van der Waals surface area contributed by atoms with Gasteiger partial charge in [-0.2, -0.15) is 0 Å². The van der Waals surface area contributed by atoms with E-state index in [-0.39, 0.29) is 5.91 Å². The summed E-state index contributed by atoms with van der Waals surface area (Å²) < 4.78 is 0. The predicted octanol–water partition coefficient (Wildman–Crippen LogP) is 3.68. The number of benzene rings is 2. The van der Waals surface area contributed by atoms with Gasteiger partial charge in [0.25, 0.3) is 5.91 Å². The number of anilines is 1. The molecule has 2 heterocycles. The number of carbonyl (C=O) groups excluding carboxylic acids is 1. The van der Waals surface area contributed by atoms with E-state index >= 15 is 0 Å². The molecule has 5 nitrogen and oxygen atoms in total. The SMILES string of the molecule is O=C(c1cccc(NC2CCC2)c1)N1CCCC(O)(CN2CCc3ccccc3C2)C1. The zero-order valence-electron chi connectivity index (χ0n) is 18.2. The lowest BCUT2D eigenvalue weighted by molar-refractivity contribution is -0.0489. The molecule has 2 fully saturated rings. The lowest BCUT2D eigenvalue weighted by Gasteiger charge is -2.43. The Morgan fingerprint density at radius 3 is 2.71 bits per heavy atom. The van der Waals surface area contributed by atoms with Crippen molar-refractivity contribution in [1.29, 1.82) is 0 Å². The van der Waals surface area contributed by atoms with Gasteiger partial charge in [0, 0.05) is 43.5 Å². The molecule has 0 bridgehead atoms. The second-order valence-electron chi connectivity index (χ2n) is 9.64. The van der Waals surface area contributed by atoms with E-state index in [1.54, 1.807) is 0 Å². The summed E-state index contributed by atoms with van der Waals surface area (Å²) in [5.74, 6) is 0.0272. The van der Waals surface area contributed by atoms with Crippen LogP contribution < -0.4 is 5.32 Å². The smallest absolute Gasteiger partial charge is 0.254 e. The van der Waals surface area contributed by atoms with E-state index in [9.17, 15) is 9.90 Å². The van der Waals surface area contributed by atoms with Gasteiger partial charge in [0.2, 0.25) is 0 Å². The zero-order valence-corrected chi connectivity index (χ0v) is 18.2. The maximum atomic E-state index is 13.2. The van der Waals surface area contributed by atoms with Crippen LogP contribution in [0.3, 0.4) is 0 Å². The minimum atomic E-state index is -0.845. The third-order valence-electron chi connectivity index (χ3n) is 7.16. The van der Waals surface area contributed by atoms with Gasteiger partial charge >= 0.3 is 0 Å². The van der Waals surface area contributed by atoms with E-state index in [0.29, 0.717) is 31.2 Å². The summed E-state index contributed by atoms with van der Waals surface area (Å²) in [6.45, 7) is 3.58. The lowest BCUT2D eigenvalue weighted by Crippen LogP contribution is -2.56. The molecule has 0 aromatic heterocycles. The van der Waals surface area contributed by atoms with E-state index in [2.05, 4.69) is 34.5 Å². The summed E-state index contributed by atoms with van der Waals surface area (Å²) >= 11 is 0. The van der Waals surface area contributed by atoms with Crippen molar-refractivity contribution in [3.8, 4) is 0 Å². The van der Waals surface area contributed by atoms with Crippen LogP contribution in [0.1, 0.15) is 53.6 Å². The van der Waals surface area contributed by atoms with Crippen molar-refractivity contribution in [3.05, 3.63) is 65.2 Å². The third kappa shape index (κ3) is 4.63. The van der Waals surface area contributed by atoms with Crippen molar-refractivity contribution >= 4 is 11.6 Å². The molecule has 2 aliphatic heterocycles. The molecule has 1 saturated carbocycles. The quantitative estimate of drug-likeness (QED) is 0.776. The number of fused-ring (bicyclic) bond motifs is 1. The highest BCUT2D eigenvalue weighted by molar-refractivity contribution is 5.95. The summed E-state index contributed by atoms with van der Waals surface area (Å²) in [6.07, 6.45) is 6.31. The molecule has 1 unspecified atom stereocenters. The molecule has 0 spiro atoms. The number of aliphatic hydroxyl groups is 1. The highest BCUT2D eigenvalue weighted by atomic mass is 16.3. The number of rotatable bonds is 5. The molecule has 1 saturated heterocycles. The fourth-order valence-corrected chi connectivity index (χ4v) is 5.23. The highest BCUT2D eigenvalue weighted by Crippen LogP contribution is 2.28. The second-order valence-corrected chi connectivity index (χ2v) is 9.64. The topological polar surface area (TPSA) is 55.8 Å². The average Bonchev–Trinajstić information content (AvgIpc) is 2.75. The van der Waals surface area contributed by atoms with Crippen molar-refractivity contribution in [2.24, 2.45) is 0 Å². The van der Waals surface area contributed by atoms with Crippen LogP contribution in [0.2, 0.25) is 0 Å². The largest absolute Gasteiger partial charge is 0.387 e. The normalized spacial score (nSPS) is 24.4. The lowest BCUT2D eigenvalue weighted by atomic mass is 9.90. The van der Waals surface area contributed by atoms with Gasteiger partial charge in [0.15, 0.2) is 0 Å². The van der Waals surface area contributed by atoms with E-state index in [4.69, 9.17) is 0 Å². The molecule has 2 aromatic carbocycles. The van der Waals surface area contributed by atoms with Crippen LogP contribution in [0.5, 0.6) is 0 Å². The first kappa shape index (κ1) is 20.5. The molecule has 1 aliphatic carbocycles. The van der Waals surface area contributed by atoms with Gasteiger partial charge < -0.3 is 15.3 Å². The Hall–Kier alpha value is -2.37. The van der Waals surface area contributed by atoms with Gasteiger partial charge in [0.05, 0.1) is 12.1 Å². The monoisotopic (exact) mass is 419 g/mol. The van der Waals surface area contributed by atoms with Crippen LogP contribution in [0.25, 0.3) is 0 Å². The standard InChI is InChI=1S/C26H33N3O2/c30-25(21-8-3-11-24(16-21)27-23-9-4-10-23)29-14-5-13-26(31,19-29)18-28-15-12-20-6-1-2-7-22(20)17-28/h1-3,6-8,11,16,23,27,31H,4-5,9-10,12-15,17-19H2. The number of β-amino-alcohol motifs (C(OH)–C–C–N with tert-alkyl or cyclic N) is 1. The molecule has 164 valence electrons. The van der Waals surface area contributed by atoms with Crippen LogP contribution in [0, 0.1) is 0 Å². The molecule has 2 aromatic rings. The Labute approximate surface area is 185 Å². The molecular formula is C26H33N3O2. The van der Waals surface area contributed by atoms with Crippen molar-refractivity contribution < 1.29 is 9.90 Å². The Morgan fingerprint density at radius 2 is 1.90 bits per heavy atom. The number of nitrogens with one attached hydrogen (secondary N) is 1. The Bertz CT molecular complexity index is 942. The fourth-order valence-electron chi connectivity index (χ4n) is 5.23. The first-order valence-electron chi connectivity index (χ1n) is 11.8. The summed E-state index contributed by atoms with van der Waals surface area (Å²) in [6, 6.07) is 17.0. The number of amides is 1. The predicted molar refractivity (Wildman–Crippen MR) is 123 cm³/mol. The van der Waals surface area contributed by atoms with Gasteiger partial charge in [-0.15, -0.1) is 0 Å². The van der Waals surface area contributed by atoms with Crippen LogP contribution in [0.4, 0.5) is 5.69 Å². The van der Waals surface area contributed by atoms with Crippen molar-refractivity contribution in [2.75, 3.05) is 31.5 Å². The highest BCUT2D eigenvalue weighted by Gasteiger charge is 2.37. The molecule has 1 amide bonds. The maximum absolute atomic E-state index is 13.2. The van der Waals surface area contributed by atoms with Gasteiger partial charge in [-0.3, -0.25) is 9.69 Å². The number of carbonyl (C=O) groups is 1. The van der Waals surface area contributed by atoms with Gasteiger partial charge in [-0.25, -0.2) is 0 Å². The van der Waals surface area contributed by atoms with E-state index in [1.807, 2.05) is 29.2 Å². The molecule has 0 radical (unpaired) electrons. The van der Waals surface area contributed by atoms with Crippen LogP contribution in [-0.4, -0.2) is 58.6 Å². The second kappa shape index (κ2) is 8.64. The number of likely N-dealkylation sites (tertiary alicyclic amines) is 1. The number of hydrogen-bond donors (Lipinski definition) is 2. The summed E-state index contributed by atoms with van der Waals surface area (Å²) in [5, 5.41) is 14.9. The summed E-state index contributed by atoms with van der Waals surface area (Å²) in [7, 11) is 0. The molecule has 5 rings (SSSR count). The minimum Gasteiger partial charge on any atom is -0.387 e. The maximum Gasteiger partial charge on any atom is 0.254 e. The Balaban J connectivity index is 1.23. The molecular weight excluding hydrogens is 386 g/mol. The molecule has 2 N–H and O–H groups in total. The summed E-state index contributed by atoms with van der Waals surface area (Å²) in [4.78, 5) is 17.4. The number of hydrogen-bond acceptors (Lipinski definition) is 4. The average molecular weight is 420 g/mol. The molecule has 31 heavy (non-hydrogen) atoms. The third-order valence-corrected chi connectivity index (χ3v) is 7.16. The first-order chi connectivity index (χ1) is 15.1. The van der Waals surface area contributed by atoms with E-state index in [1.165, 1.54) is 30.4 Å². The molecule has 5 heteroatoms. The van der Waals surface area contributed by atoms with E-state index in [0.717, 1.165) is 38.0 Å². The van der Waals surface area contributed by atoms with Gasteiger partial charge in [-0.1, -0.05) is 30.3 Å². The zero-order chi connectivity index (χ0) is 21.3. The van der Waals surface area contributed by atoms with Crippen LogP contribution in [0.15, 0.2) is 48.5 Å². The van der Waals surface area contributed by atoms with Crippen LogP contribution in [-0.2, 0) is 13.0 Å². The number of nitrogens with zero attached hydrogens (tertiary/aromatic N) is 2. The molecule has 1 atom stereocenters. The number of piperidine rings is 1. The Kier molecular flexibility index (Phi) is 5.72. The van der Waals surface area contributed by atoms with Crippen molar-refractivity contribution in [1.82, 2.24) is 9.80 Å². The molecule has 3 aliphatic rings. The van der Waals surface area contributed by atoms with Crippen LogP contribution >= 0.6 is 0 Å². The van der Waals surface area contributed by atoms with Gasteiger partial charge in [0.1, 0.15) is 0 Å². The fraction of sp³-hybridized carbons (Fsp3) is 0.500. The van der Waals surface area contributed by atoms with Gasteiger partial charge in [-0.05, 0) is 67.9 Å².